The molecular formula is C10H19NO2. The first-order valence-electron chi connectivity index (χ1n) is 5.31. The highest BCUT2D eigenvalue weighted by Crippen LogP contribution is 2.46. The molecule has 1 saturated heterocycles. The van der Waals surface area contributed by atoms with Gasteiger partial charge in [-0.05, 0) is 19.3 Å². The van der Waals surface area contributed by atoms with E-state index in [9.17, 15) is 0 Å². The van der Waals surface area contributed by atoms with Gasteiger partial charge in [0, 0.05) is 25.1 Å². The van der Waals surface area contributed by atoms with Crippen molar-refractivity contribution < 1.29 is 9.84 Å². The van der Waals surface area contributed by atoms with Crippen molar-refractivity contribution in [1.82, 2.24) is 5.32 Å². The molecule has 3 heteroatoms. The lowest BCUT2D eigenvalue weighted by atomic mass is 9.83. The van der Waals surface area contributed by atoms with Crippen LogP contribution in [0.1, 0.15) is 25.7 Å². The van der Waals surface area contributed by atoms with Crippen LogP contribution in [0.25, 0.3) is 0 Å². The van der Waals surface area contributed by atoms with E-state index in [4.69, 9.17) is 9.84 Å². The monoisotopic (exact) mass is 185 g/mol. The molecule has 0 spiro atoms. The third-order valence-electron chi connectivity index (χ3n) is 3.51. The van der Waals surface area contributed by atoms with E-state index in [0.29, 0.717) is 18.1 Å². The Balaban J connectivity index is 1.86. The maximum Gasteiger partial charge on any atom is 0.0644 e. The van der Waals surface area contributed by atoms with Gasteiger partial charge < -0.3 is 15.2 Å². The van der Waals surface area contributed by atoms with Crippen molar-refractivity contribution in [1.29, 1.82) is 0 Å². The molecule has 2 aliphatic rings. The molecular weight excluding hydrogens is 166 g/mol. The van der Waals surface area contributed by atoms with Crippen LogP contribution in [-0.4, -0.2) is 37.5 Å². The van der Waals surface area contributed by atoms with Crippen LogP contribution in [0.3, 0.4) is 0 Å². The van der Waals surface area contributed by atoms with E-state index in [1.165, 1.54) is 25.7 Å². The number of rotatable bonds is 4. The van der Waals surface area contributed by atoms with Crippen LogP contribution in [0, 0.1) is 5.41 Å². The van der Waals surface area contributed by atoms with Crippen molar-refractivity contribution >= 4 is 0 Å². The van der Waals surface area contributed by atoms with Crippen LogP contribution < -0.4 is 5.32 Å². The minimum absolute atomic E-state index is 0.238. The van der Waals surface area contributed by atoms with Gasteiger partial charge in [0.1, 0.15) is 0 Å². The van der Waals surface area contributed by atoms with Gasteiger partial charge in [-0.25, -0.2) is 0 Å². The number of aliphatic hydroxyl groups excluding tert-OH is 1. The molecule has 76 valence electrons. The summed E-state index contributed by atoms with van der Waals surface area (Å²) in [5.74, 6) is 0. The van der Waals surface area contributed by atoms with Crippen LogP contribution in [0.5, 0.6) is 0 Å². The third kappa shape index (κ3) is 1.73. The van der Waals surface area contributed by atoms with Crippen molar-refractivity contribution in [2.45, 2.75) is 31.8 Å². The maximum atomic E-state index is 8.68. The average Bonchev–Trinajstić information content (AvgIpc) is 2.63. The fraction of sp³-hybridized carbons (Fsp3) is 1.00. The SMILES string of the molecule is OCCNC[C@]12CCC[C@H]1OCC2. The van der Waals surface area contributed by atoms with Crippen LogP contribution in [0.4, 0.5) is 0 Å². The lowest BCUT2D eigenvalue weighted by Crippen LogP contribution is -2.38. The second-order valence-corrected chi connectivity index (χ2v) is 4.26. The zero-order valence-electron chi connectivity index (χ0n) is 8.09. The predicted octanol–water partition coefficient (Wildman–Crippen LogP) is 0.527. The van der Waals surface area contributed by atoms with E-state index in [1.807, 2.05) is 0 Å². The van der Waals surface area contributed by atoms with E-state index in [2.05, 4.69) is 5.32 Å². The van der Waals surface area contributed by atoms with Gasteiger partial charge in [-0.15, -0.1) is 0 Å². The van der Waals surface area contributed by atoms with E-state index < -0.39 is 0 Å². The van der Waals surface area contributed by atoms with Gasteiger partial charge in [0.05, 0.1) is 12.7 Å². The summed E-state index contributed by atoms with van der Waals surface area (Å²) in [7, 11) is 0. The summed E-state index contributed by atoms with van der Waals surface area (Å²) in [6.07, 6.45) is 5.55. The second kappa shape index (κ2) is 3.95. The molecule has 0 aromatic rings. The lowest BCUT2D eigenvalue weighted by molar-refractivity contribution is 0.0694. The Morgan fingerprint density at radius 1 is 1.46 bits per heavy atom. The van der Waals surface area contributed by atoms with Crippen LogP contribution >= 0.6 is 0 Å². The summed E-state index contributed by atoms with van der Waals surface area (Å²) in [6, 6.07) is 0. The molecule has 1 aliphatic heterocycles. The molecule has 0 aromatic heterocycles. The van der Waals surface area contributed by atoms with Crippen molar-refractivity contribution in [3.63, 3.8) is 0 Å². The Hall–Kier alpha value is -0.120. The number of ether oxygens (including phenoxy) is 1. The molecule has 2 rings (SSSR count). The van der Waals surface area contributed by atoms with Crippen molar-refractivity contribution in [3.05, 3.63) is 0 Å². The van der Waals surface area contributed by atoms with E-state index in [1.54, 1.807) is 0 Å². The minimum atomic E-state index is 0.238. The second-order valence-electron chi connectivity index (χ2n) is 4.26. The van der Waals surface area contributed by atoms with Gasteiger partial charge in [-0.1, -0.05) is 6.42 Å². The zero-order chi connectivity index (χ0) is 9.15. The molecule has 2 atom stereocenters. The van der Waals surface area contributed by atoms with Gasteiger partial charge >= 0.3 is 0 Å². The first kappa shape index (κ1) is 9.44. The third-order valence-corrected chi connectivity index (χ3v) is 3.51. The fourth-order valence-electron chi connectivity index (χ4n) is 2.76. The molecule has 0 bridgehead atoms. The van der Waals surface area contributed by atoms with Crippen molar-refractivity contribution in [3.8, 4) is 0 Å². The lowest BCUT2D eigenvalue weighted by Gasteiger charge is -2.27. The molecule has 0 aromatic carbocycles. The maximum absolute atomic E-state index is 8.68. The summed E-state index contributed by atoms with van der Waals surface area (Å²) >= 11 is 0. The first-order chi connectivity index (χ1) is 6.37. The number of aliphatic hydroxyl groups is 1. The molecule has 2 fully saturated rings. The molecule has 0 amide bonds. The Labute approximate surface area is 79.5 Å². The van der Waals surface area contributed by atoms with Crippen LogP contribution in [-0.2, 0) is 4.74 Å². The Morgan fingerprint density at radius 2 is 2.38 bits per heavy atom. The smallest absolute Gasteiger partial charge is 0.0644 e. The largest absolute Gasteiger partial charge is 0.395 e. The molecule has 1 aliphatic carbocycles. The summed E-state index contributed by atoms with van der Waals surface area (Å²) < 4.78 is 5.71. The van der Waals surface area contributed by atoms with Crippen molar-refractivity contribution in [2.24, 2.45) is 5.41 Å². The van der Waals surface area contributed by atoms with Gasteiger partial charge in [0.15, 0.2) is 0 Å². The number of nitrogens with one attached hydrogen (secondary N) is 1. The van der Waals surface area contributed by atoms with E-state index in [0.717, 1.165) is 13.2 Å². The summed E-state index contributed by atoms with van der Waals surface area (Å²) in [4.78, 5) is 0. The fourth-order valence-corrected chi connectivity index (χ4v) is 2.76. The van der Waals surface area contributed by atoms with Crippen LogP contribution in [0.15, 0.2) is 0 Å². The number of hydrogen-bond acceptors (Lipinski definition) is 3. The standard InChI is InChI=1S/C10H19NO2/c12-6-5-11-8-10-3-1-2-9(10)13-7-4-10/h9,11-12H,1-8H2/t9-,10-/m1/s1. The molecule has 13 heavy (non-hydrogen) atoms. The topological polar surface area (TPSA) is 41.5 Å². The highest BCUT2D eigenvalue weighted by atomic mass is 16.5. The van der Waals surface area contributed by atoms with Gasteiger partial charge in [-0.2, -0.15) is 0 Å². The minimum Gasteiger partial charge on any atom is -0.395 e. The Morgan fingerprint density at radius 3 is 3.23 bits per heavy atom. The van der Waals surface area contributed by atoms with Gasteiger partial charge in [0.25, 0.3) is 0 Å². The van der Waals surface area contributed by atoms with Crippen molar-refractivity contribution in [2.75, 3.05) is 26.3 Å². The Bertz CT molecular complexity index is 162. The molecule has 0 radical (unpaired) electrons. The molecule has 2 N–H and O–H groups in total. The summed E-state index contributed by atoms with van der Waals surface area (Å²) in [5.41, 5.74) is 0.412. The van der Waals surface area contributed by atoms with Gasteiger partial charge in [0.2, 0.25) is 0 Å². The normalized spacial score (nSPS) is 38.1. The van der Waals surface area contributed by atoms with Gasteiger partial charge in [-0.3, -0.25) is 0 Å². The Kier molecular flexibility index (Phi) is 2.86. The number of hydrogen-bond donors (Lipinski definition) is 2. The molecule has 0 unspecified atom stereocenters. The summed E-state index contributed by atoms with van der Waals surface area (Å²) in [5, 5.41) is 12.0. The van der Waals surface area contributed by atoms with E-state index >= 15 is 0 Å². The molecule has 1 heterocycles. The number of fused-ring (bicyclic) bond motifs is 1. The highest BCUT2D eigenvalue weighted by Gasteiger charge is 2.46. The first-order valence-corrected chi connectivity index (χ1v) is 5.31. The van der Waals surface area contributed by atoms with Crippen LogP contribution in [0.2, 0.25) is 0 Å². The predicted molar refractivity (Wildman–Crippen MR) is 50.6 cm³/mol. The quantitative estimate of drug-likeness (QED) is 0.628. The molecule has 1 saturated carbocycles. The molecule has 3 nitrogen and oxygen atoms in total. The zero-order valence-corrected chi connectivity index (χ0v) is 8.09. The highest BCUT2D eigenvalue weighted by molar-refractivity contribution is 4.97. The van der Waals surface area contributed by atoms with E-state index in [-0.39, 0.29) is 6.61 Å². The summed E-state index contributed by atoms with van der Waals surface area (Å²) in [6.45, 7) is 2.92. The average molecular weight is 185 g/mol.